The van der Waals surface area contributed by atoms with Crippen molar-refractivity contribution in [2.45, 2.75) is 12.8 Å². The first-order chi connectivity index (χ1) is 11.1. The maximum Gasteiger partial charge on any atom is 0.293 e. The van der Waals surface area contributed by atoms with E-state index in [4.69, 9.17) is 0 Å². The smallest absolute Gasteiger partial charge is 0.293 e. The fourth-order valence-corrected chi connectivity index (χ4v) is 2.27. The molecule has 0 bridgehead atoms. The summed E-state index contributed by atoms with van der Waals surface area (Å²) in [4.78, 5) is 40.2. The second-order valence-corrected chi connectivity index (χ2v) is 5.37. The number of aromatic nitrogens is 2. The lowest BCUT2D eigenvalue weighted by Crippen LogP contribution is -2.29. The Bertz CT molecular complexity index is 828. The van der Waals surface area contributed by atoms with Gasteiger partial charge in [-0.3, -0.25) is 19.7 Å². The molecule has 9 heteroatoms. The minimum Gasteiger partial charge on any atom is -0.378 e. The van der Waals surface area contributed by atoms with Crippen LogP contribution < -0.4 is 16.2 Å². The number of anilines is 1. The monoisotopic (exact) mass is 317 g/mol. The lowest BCUT2D eigenvalue weighted by Gasteiger charge is -2.09. The Kier molecular flexibility index (Phi) is 3.92. The third kappa shape index (κ3) is 3.28. The van der Waals surface area contributed by atoms with Crippen molar-refractivity contribution in [3.8, 4) is 0 Å². The van der Waals surface area contributed by atoms with E-state index in [-0.39, 0.29) is 28.6 Å². The van der Waals surface area contributed by atoms with Gasteiger partial charge in [0.2, 0.25) is 5.91 Å². The van der Waals surface area contributed by atoms with Crippen molar-refractivity contribution >= 4 is 28.2 Å². The molecule has 3 rings (SSSR count). The topological polar surface area (TPSA) is 130 Å². The molecule has 1 aliphatic rings. The molecule has 1 aromatic carbocycles. The molecule has 1 heterocycles. The highest BCUT2D eigenvalue weighted by Crippen LogP contribution is 2.29. The lowest BCUT2D eigenvalue weighted by molar-refractivity contribution is -0.383. The zero-order valence-corrected chi connectivity index (χ0v) is 12.2. The number of fused-ring (bicyclic) bond motifs is 1. The predicted molar refractivity (Wildman–Crippen MR) is 83.2 cm³/mol. The van der Waals surface area contributed by atoms with Gasteiger partial charge in [0.05, 0.1) is 22.2 Å². The summed E-state index contributed by atoms with van der Waals surface area (Å²) >= 11 is 0. The van der Waals surface area contributed by atoms with E-state index < -0.39 is 10.5 Å². The normalized spacial score (nSPS) is 13.7. The van der Waals surface area contributed by atoms with Crippen LogP contribution in [0.4, 0.5) is 11.4 Å². The minimum absolute atomic E-state index is 0.0213. The highest BCUT2D eigenvalue weighted by Gasteiger charge is 2.29. The number of carbonyl (C=O) groups is 1. The van der Waals surface area contributed by atoms with Crippen molar-refractivity contribution in [2.75, 3.05) is 18.4 Å². The van der Waals surface area contributed by atoms with Gasteiger partial charge in [0, 0.05) is 25.1 Å². The summed E-state index contributed by atoms with van der Waals surface area (Å²) in [5.74, 6) is 0.147. The Morgan fingerprint density at radius 2 is 2.17 bits per heavy atom. The average molecular weight is 317 g/mol. The van der Waals surface area contributed by atoms with E-state index in [0.29, 0.717) is 18.6 Å². The van der Waals surface area contributed by atoms with Crippen LogP contribution >= 0.6 is 0 Å². The third-order valence-corrected chi connectivity index (χ3v) is 3.64. The van der Waals surface area contributed by atoms with Crippen LogP contribution in [0.25, 0.3) is 10.9 Å². The summed E-state index contributed by atoms with van der Waals surface area (Å²) in [7, 11) is 0. The van der Waals surface area contributed by atoms with E-state index in [9.17, 15) is 19.7 Å². The highest BCUT2D eigenvalue weighted by atomic mass is 16.6. The first kappa shape index (κ1) is 14.9. The molecule has 0 unspecified atom stereocenters. The molecule has 1 aromatic heterocycles. The fraction of sp³-hybridized carbons (Fsp3) is 0.357. The van der Waals surface area contributed by atoms with Crippen LogP contribution in [0.15, 0.2) is 23.3 Å². The van der Waals surface area contributed by atoms with Crippen LogP contribution in [-0.4, -0.2) is 33.9 Å². The van der Waals surface area contributed by atoms with Gasteiger partial charge in [0.15, 0.2) is 0 Å². The minimum atomic E-state index is -0.559. The number of nitro benzene ring substituents is 1. The van der Waals surface area contributed by atoms with Crippen molar-refractivity contribution in [2.24, 2.45) is 5.92 Å². The predicted octanol–water partition coefficient (Wildman–Crippen LogP) is 0.769. The van der Waals surface area contributed by atoms with E-state index >= 15 is 0 Å². The van der Waals surface area contributed by atoms with E-state index in [1.807, 2.05) is 0 Å². The van der Waals surface area contributed by atoms with E-state index in [1.165, 1.54) is 18.5 Å². The first-order valence-corrected chi connectivity index (χ1v) is 7.23. The van der Waals surface area contributed by atoms with Gasteiger partial charge in [-0.2, -0.15) is 0 Å². The SMILES string of the molecule is O=C(NCCNc1cc2nc[nH]c(=O)c2cc1[N+](=O)[O-])C1CC1. The van der Waals surface area contributed by atoms with Gasteiger partial charge in [-0.15, -0.1) is 0 Å². The molecule has 1 aliphatic carbocycles. The summed E-state index contributed by atoms with van der Waals surface area (Å²) < 4.78 is 0. The number of nitrogens with zero attached hydrogens (tertiary/aromatic N) is 2. The number of nitro groups is 1. The van der Waals surface area contributed by atoms with E-state index in [0.717, 1.165) is 12.8 Å². The van der Waals surface area contributed by atoms with Gasteiger partial charge < -0.3 is 15.6 Å². The molecule has 0 radical (unpaired) electrons. The van der Waals surface area contributed by atoms with Gasteiger partial charge in [-0.1, -0.05) is 0 Å². The molecule has 0 atom stereocenters. The molecule has 1 saturated carbocycles. The Labute approximate surface area is 130 Å². The fourth-order valence-electron chi connectivity index (χ4n) is 2.27. The Morgan fingerprint density at radius 1 is 1.39 bits per heavy atom. The average Bonchev–Trinajstić information content (AvgIpc) is 3.35. The summed E-state index contributed by atoms with van der Waals surface area (Å²) in [5, 5.41) is 17.0. The Morgan fingerprint density at radius 3 is 2.87 bits per heavy atom. The van der Waals surface area contributed by atoms with Gasteiger partial charge in [0.1, 0.15) is 5.69 Å². The van der Waals surface area contributed by atoms with Gasteiger partial charge in [-0.25, -0.2) is 4.98 Å². The molecule has 0 saturated heterocycles. The summed E-state index contributed by atoms with van der Waals surface area (Å²) in [6, 6.07) is 2.66. The molecule has 3 N–H and O–H groups in total. The van der Waals surface area contributed by atoms with Crippen molar-refractivity contribution < 1.29 is 9.72 Å². The number of hydrogen-bond acceptors (Lipinski definition) is 6. The van der Waals surface area contributed by atoms with Crippen LogP contribution in [0, 0.1) is 16.0 Å². The summed E-state index contributed by atoms with van der Waals surface area (Å²) in [6.45, 7) is 0.710. The molecule has 1 fully saturated rings. The van der Waals surface area contributed by atoms with E-state index in [1.54, 1.807) is 0 Å². The Hall–Kier alpha value is -2.97. The number of benzene rings is 1. The molecule has 2 aromatic rings. The molecule has 120 valence electrons. The number of rotatable bonds is 6. The van der Waals surface area contributed by atoms with E-state index in [2.05, 4.69) is 20.6 Å². The summed E-state index contributed by atoms with van der Waals surface area (Å²) in [6.07, 6.45) is 3.10. The van der Waals surface area contributed by atoms with Crippen molar-refractivity contribution in [1.29, 1.82) is 0 Å². The van der Waals surface area contributed by atoms with Crippen LogP contribution in [0.3, 0.4) is 0 Å². The van der Waals surface area contributed by atoms with Crippen LogP contribution in [0.1, 0.15) is 12.8 Å². The molecular formula is C14H15N5O4. The summed E-state index contributed by atoms with van der Waals surface area (Å²) in [5.41, 5.74) is -0.00370. The number of H-pyrrole nitrogens is 1. The molecule has 0 spiro atoms. The van der Waals surface area contributed by atoms with Crippen LogP contribution in [-0.2, 0) is 4.79 Å². The molecule has 9 nitrogen and oxygen atoms in total. The largest absolute Gasteiger partial charge is 0.378 e. The van der Waals surface area contributed by atoms with Gasteiger partial charge >= 0.3 is 0 Å². The van der Waals surface area contributed by atoms with Gasteiger partial charge in [-0.05, 0) is 18.9 Å². The number of carbonyl (C=O) groups excluding carboxylic acids is 1. The molecular weight excluding hydrogens is 302 g/mol. The third-order valence-electron chi connectivity index (χ3n) is 3.64. The maximum absolute atomic E-state index is 11.7. The molecule has 23 heavy (non-hydrogen) atoms. The second-order valence-electron chi connectivity index (χ2n) is 5.37. The highest BCUT2D eigenvalue weighted by molar-refractivity contribution is 5.86. The zero-order valence-electron chi connectivity index (χ0n) is 12.2. The van der Waals surface area contributed by atoms with Crippen molar-refractivity contribution in [1.82, 2.24) is 15.3 Å². The standard InChI is InChI=1S/C14H15N5O4/c20-13(8-1-2-8)16-4-3-15-11-6-10-9(5-12(11)19(22)23)14(21)18-7-17-10/h5-8,15H,1-4H2,(H,16,20)(H,17,18,21). The van der Waals surface area contributed by atoms with Crippen molar-refractivity contribution in [3.05, 3.63) is 38.9 Å². The maximum atomic E-state index is 11.7. The van der Waals surface area contributed by atoms with Crippen LogP contribution in [0.2, 0.25) is 0 Å². The van der Waals surface area contributed by atoms with Crippen LogP contribution in [0.5, 0.6) is 0 Å². The Balaban J connectivity index is 1.75. The second kappa shape index (κ2) is 6.03. The van der Waals surface area contributed by atoms with Gasteiger partial charge in [0.25, 0.3) is 11.2 Å². The molecule has 1 amide bonds. The number of amides is 1. The first-order valence-electron chi connectivity index (χ1n) is 7.23. The number of nitrogens with one attached hydrogen (secondary N) is 3. The molecule has 0 aliphatic heterocycles. The van der Waals surface area contributed by atoms with Crippen molar-refractivity contribution in [3.63, 3.8) is 0 Å². The number of aromatic amines is 1. The lowest BCUT2D eigenvalue weighted by atomic mass is 10.2. The zero-order chi connectivity index (χ0) is 16.4. The quantitative estimate of drug-likeness (QED) is 0.410. The number of hydrogen-bond donors (Lipinski definition) is 3.